The van der Waals surface area contributed by atoms with Gasteiger partial charge in [0.25, 0.3) is 11.6 Å². The minimum absolute atomic E-state index is 0.00138. The topological polar surface area (TPSA) is 63.5 Å². The van der Waals surface area contributed by atoms with Gasteiger partial charge >= 0.3 is 0 Å². The van der Waals surface area contributed by atoms with Gasteiger partial charge in [0.2, 0.25) is 0 Å². The second-order valence-electron chi connectivity index (χ2n) is 4.50. The third-order valence-electron chi connectivity index (χ3n) is 2.72. The highest BCUT2D eigenvalue weighted by molar-refractivity contribution is 8.26. The predicted octanol–water partition coefficient (Wildman–Crippen LogP) is 3.20. The van der Waals surface area contributed by atoms with Crippen LogP contribution in [0.4, 0.5) is 5.69 Å². The zero-order chi connectivity index (χ0) is 14.9. The number of rotatable bonds is 3. The zero-order valence-corrected chi connectivity index (χ0v) is 12.5. The van der Waals surface area contributed by atoms with Crippen molar-refractivity contribution >= 4 is 46.0 Å². The van der Waals surface area contributed by atoms with Crippen LogP contribution < -0.4 is 0 Å². The number of benzene rings is 1. The van der Waals surface area contributed by atoms with Crippen LogP contribution in [0.5, 0.6) is 0 Å². The molecule has 0 radical (unpaired) electrons. The molecule has 1 aromatic carbocycles. The summed E-state index contributed by atoms with van der Waals surface area (Å²) < 4.78 is 0.515. The van der Waals surface area contributed by atoms with Crippen LogP contribution in [0, 0.1) is 10.1 Å². The van der Waals surface area contributed by atoms with E-state index in [1.807, 2.05) is 13.8 Å². The lowest BCUT2D eigenvalue weighted by Gasteiger charge is -2.18. The van der Waals surface area contributed by atoms with Crippen LogP contribution in [0.1, 0.15) is 19.4 Å². The van der Waals surface area contributed by atoms with Gasteiger partial charge in [0.15, 0.2) is 0 Å². The van der Waals surface area contributed by atoms with Gasteiger partial charge in [-0.1, -0.05) is 36.1 Å². The van der Waals surface area contributed by atoms with Crippen molar-refractivity contribution < 1.29 is 9.72 Å². The molecule has 0 N–H and O–H groups in total. The Morgan fingerprint density at radius 3 is 2.70 bits per heavy atom. The van der Waals surface area contributed by atoms with Crippen LogP contribution >= 0.6 is 24.0 Å². The summed E-state index contributed by atoms with van der Waals surface area (Å²) in [5, 5.41) is 10.7. The second-order valence-corrected chi connectivity index (χ2v) is 6.17. The summed E-state index contributed by atoms with van der Waals surface area (Å²) in [6.07, 6.45) is 1.63. The van der Waals surface area contributed by atoms with Crippen molar-refractivity contribution in [3.8, 4) is 0 Å². The molecule has 0 unspecified atom stereocenters. The maximum Gasteiger partial charge on any atom is 0.270 e. The molecule has 20 heavy (non-hydrogen) atoms. The largest absolute Gasteiger partial charge is 0.290 e. The lowest BCUT2D eigenvalue weighted by Crippen LogP contribution is -2.34. The highest BCUT2D eigenvalue weighted by Gasteiger charge is 2.33. The van der Waals surface area contributed by atoms with Crippen molar-refractivity contribution in [2.24, 2.45) is 0 Å². The number of thioether (sulfide) groups is 1. The molecule has 7 heteroatoms. The van der Waals surface area contributed by atoms with E-state index >= 15 is 0 Å². The van der Waals surface area contributed by atoms with Gasteiger partial charge in [-0.2, -0.15) is 0 Å². The van der Waals surface area contributed by atoms with E-state index in [4.69, 9.17) is 12.2 Å². The van der Waals surface area contributed by atoms with E-state index in [0.29, 0.717) is 14.8 Å². The first kappa shape index (κ1) is 14.7. The predicted molar refractivity (Wildman–Crippen MR) is 83.2 cm³/mol. The van der Waals surface area contributed by atoms with Crippen molar-refractivity contribution in [1.29, 1.82) is 0 Å². The minimum atomic E-state index is -0.462. The van der Waals surface area contributed by atoms with E-state index in [-0.39, 0.29) is 17.6 Å². The summed E-state index contributed by atoms with van der Waals surface area (Å²) in [6, 6.07) is 6.15. The molecule has 1 aliphatic heterocycles. The molecule has 2 rings (SSSR count). The van der Waals surface area contributed by atoms with Gasteiger partial charge in [0.1, 0.15) is 4.32 Å². The fourth-order valence-corrected chi connectivity index (χ4v) is 3.33. The third-order valence-corrected chi connectivity index (χ3v) is 4.05. The number of carbonyl (C=O) groups excluding carboxylic acids is 1. The normalized spacial score (nSPS) is 17.4. The summed E-state index contributed by atoms with van der Waals surface area (Å²) in [5.74, 6) is -0.151. The van der Waals surface area contributed by atoms with Gasteiger partial charge in [-0.15, -0.1) is 0 Å². The highest BCUT2D eigenvalue weighted by Crippen LogP contribution is 2.34. The van der Waals surface area contributed by atoms with Gasteiger partial charge in [-0.05, 0) is 25.5 Å². The van der Waals surface area contributed by atoms with Gasteiger partial charge in [0, 0.05) is 18.2 Å². The first-order chi connectivity index (χ1) is 9.40. The molecule has 1 amide bonds. The lowest BCUT2D eigenvalue weighted by atomic mass is 10.2. The molecule has 1 saturated heterocycles. The molecular weight excluding hydrogens is 296 g/mol. The van der Waals surface area contributed by atoms with E-state index in [2.05, 4.69) is 0 Å². The molecular formula is C13H12N2O3S2. The fourth-order valence-electron chi connectivity index (χ4n) is 1.80. The van der Waals surface area contributed by atoms with Crippen LogP contribution in [0.3, 0.4) is 0 Å². The molecule has 1 heterocycles. The van der Waals surface area contributed by atoms with Crippen molar-refractivity contribution in [2.75, 3.05) is 0 Å². The molecule has 5 nitrogen and oxygen atoms in total. The van der Waals surface area contributed by atoms with Crippen molar-refractivity contribution in [3.05, 3.63) is 44.8 Å². The Morgan fingerprint density at radius 2 is 2.15 bits per heavy atom. The minimum Gasteiger partial charge on any atom is -0.290 e. The number of thiocarbonyl (C=S) groups is 1. The monoisotopic (exact) mass is 308 g/mol. The van der Waals surface area contributed by atoms with Crippen LogP contribution in [0.15, 0.2) is 29.2 Å². The quantitative estimate of drug-likeness (QED) is 0.371. The molecule has 104 valence electrons. The van der Waals surface area contributed by atoms with E-state index in [1.165, 1.54) is 23.9 Å². The molecule has 0 aliphatic carbocycles. The van der Waals surface area contributed by atoms with Gasteiger partial charge in [-0.25, -0.2) is 0 Å². The summed E-state index contributed by atoms with van der Waals surface area (Å²) in [7, 11) is 0. The van der Waals surface area contributed by atoms with E-state index in [0.717, 1.165) is 0 Å². The maximum absolute atomic E-state index is 12.2. The Bertz CT molecular complexity index is 626. The molecule has 1 fully saturated rings. The van der Waals surface area contributed by atoms with Crippen LogP contribution in [0.2, 0.25) is 0 Å². The smallest absolute Gasteiger partial charge is 0.270 e. The number of carbonyl (C=O) groups is 1. The van der Waals surface area contributed by atoms with Gasteiger partial charge in [0.05, 0.1) is 9.83 Å². The Balaban J connectivity index is 2.33. The molecule has 0 atom stereocenters. The molecule has 0 bridgehead atoms. The molecule has 0 spiro atoms. The molecule has 1 aromatic rings. The SMILES string of the molecule is CC(C)N1C(=O)/C(=C/c2cccc([N+](=O)[O-])c2)SC1=S. The van der Waals surface area contributed by atoms with E-state index in [1.54, 1.807) is 23.1 Å². The zero-order valence-electron chi connectivity index (χ0n) is 10.9. The van der Waals surface area contributed by atoms with Crippen LogP contribution in [0.25, 0.3) is 6.08 Å². The lowest BCUT2D eigenvalue weighted by molar-refractivity contribution is -0.384. The fraction of sp³-hybridized carbons (Fsp3) is 0.231. The maximum atomic E-state index is 12.2. The Hall–Kier alpha value is -1.73. The standard InChI is InChI=1S/C13H12N2O3S2/c1-8(2)14-12(16)11(20-13(14)19)7-9-4-3-5-10(6-9)15(17)18/h3-8H,1-2H3/b11-7-. The summed E-state index contributed by atoms with van der Waals surface area (Å²) >= 11 is 6.39. The van der Waals surface area contributed by atoms with Crippen LogP contribution in [-0.2, 0) is 4.79 Å². The second kappa shape index (κ2) is 5.72. The van der Waals surface area contributed by atoms with Crippen LogP contribution in [-0.4, -0.2) is 26.1 Å². The average molecular weight is 308 g/mol. The first-order valence-electron chi connectivity index (χ1n) is 5.91. The number of hydrogen-bond acceptors (Lipinski definition) is 5. The Labute approximate surface area is 125 Å². The van der Waals surface area contributed by atoms with Crippen molar-refractivity contribution in [3.63, 3.8) is 0 Å². The number of hydrogen-bond donors (Lipinski definition) is 0. The van der Waals surface area contributed by atoms with Crippen molar-refractivity contribution in [1.82, 2.24) is 4.90 Å². The number of nitrogens with zero attached hydrogens (tertiary/aromatic N) is 2. The van der Waals surface area contributed by atoms with Gasteiger partial charge in [-0.3, -0.25) is 19.8 Å². The summed E-state index contributed by atoms with van der Waals surface area (Å²) in [6.45, 7) is 3.78. The highest BCUT2D eigenvalue weighted by atomic mass is 32.2. The third kappa shape index (κ3) is 2.88. The molecule has 0 saturated carbocycles. The van der Waals surface area contributed by atoms with E-state index in [9.17, 15) is 14.9 Å². The summed E-state index contributed by atoms with van der Waals surface area (Å²) in [4.78, 5) is 24.5. The summed E-state index contributed by atoms with van der Waals surface area (Å²) in [5.41, 5.74) is 0.613. The Morgan fingerprint density at radius 1 is 1.45 bits per heavy atom. The molecule has 1 aliphatic rings. The van der Waals surface area contributed by atoms with Crippen molar-refractivity contribution in [2.45, 2.75) is 19.9 Å². The number of nitro benzene ring substituents is 1. The van der Waals surface area contributed by atoms with E-state index < -0.39 is 4.92 Å². The Kier molecular flexibility index (Phi) is 4.20. The average Bonchev–Trinajstić information content (AvgIpc) is 2.64. The van der Waals surface area contributed by atoms with Gasteiger partial charge < -0.3 is 0 Å². The number of non-ortho nitro benzene ring substituents is 1. The first-order valence-corrected chi connectivity index (χ1v) is 7.14. The number of nitro groups is 1. The number of amides is 1. The molecule has 0 aromatic heterocycles.